The second-order valence-corrected chi connectivity index (χ2v) is 8.15. The van der Waals surface area contributed by atoms with Gasteiger partial charge in [0.15, 0.2) is 5.78 Å². The minimum Gasteiger partial charge on any atom is -0.492 e. The van der Waals surface area contributed by atoms with Gasteiger partial charge in [0, 0.05) is 11.1 Å². The first-order valence-corrected chi connectivity index (χ1v) is 8.58. The second-order valence-electron chi connectivity index (χ2n) is 8.15. The van der Waals surface area contributed by atoms with Crippen molar-refractivity contribution < 1.29 is 19.5 Å². The Bertz CT molecular complexity index is 608. The third kappa shape index (κ3) is 3.21. The molecular formula is C19H27NO4. The molecule has 132 valence electrons. The molecule has 24 heavy (non-hydrogen) atoms. The molecule has 1 unspecified atom stereocenters. The predicted molar refractivity (Wildman–Crippen MR) is 90.9 cm³/mol. The van der Waals surface area contributed by atoms with Crippen LogP contribution in [-0.2, 0) is 4.84 Å². The molecule has 5 heteroatoms. The van der Waals surface area contributed by atoms with Crippen LogP contribution in [-0.4, -0.2) is 46.3 Å². The van der Waals surface area contributed by atoms with Gasteiger partial charge in [-0.1, -0.05) is 12.1 Å². The van der Waals surface area contributed by atoms with Crippen molar-refractivity contribution in [2.45, 2.75) is 57.7 Å². The smallest absolute Gasteiger partial charge is 0.175 e. The molecule has 3 rings (SSSR count). The summed E-state index contributed by atoms with van der Waals surface area (Å²) < 4.78 is 5.71. The maximum absolute atomic E-state index is 12.6. The summed E-state index contributed by atoms with van der Waals surface area (Å²) in [6.45, 7) is 8.87. The fraction of sp³-hybridized carbons (Fsp3) is 0.632. The summed E-state index contributed by atoms with van der Waals surface area (Å²) in [5, 5.41) is 12.1. The number of fused-ring (bicyclic) bond motifs is 1. The van der Waals surface area contributed by atoms with Gasteiger partial charge in [-0.2, -0.15) is 5.06 Å². The van der Waals surface area contributed by atoms with Crippen LogP contribution in [0.25, 0.3) is 0 Å². The van der Waals surface area contributed by atoms with Gasteiger partial charge >= 0.3 is 0 Å². The van der Waals surface area contributed by atoms with Gasteiger partial charge in [-0.25, -0.2) is 0 Å². The van der Waals surface area contributed by atoms with E-state index < -0.39 is 0 Å². The van der Waals surface area contributed by atoms with Crippen LogP contribution in [0, 0.1) is 5.92 Å². The Kier molecular flexibility index (Phi) is 4.45. The number of carbonyl (C=O) groups excluding carboxylic acids is 1. The van der Waals surface area contributed by atoms with Crippen LogP contribution in [0.5, 0.6) is 5.75 Å². The average molecular weight is 333 g/mol. The molecule has 1 aromatic rings. The minimum atomic E-state index is -0.332. The number of Topliss-reactive ketones (excluding diaryl/α,β-unsaturated/α-hetero) is 1. The Balaban J connectivity index is 1.70. The maximum atomic E-state index is 12.6. The lowest BCUT2D eigenvalue weighted by atomic mass is 9.80. The number of nitrogens with zero attached hydrogens (tertiary/aromatic N) is 1. The van der Waals surface area contributed by atoms with E-state index in [1.165, 1.54) is 0 Å². The molecule has 1 N–H and O–H groups in total. The van der Waals surface area contributed by atoms with Crippen molar-refractivity contribution in [1.82, 2.24) is 5.06 Å². The van der Waals surface area contributed by atoms with E-state index in [1.54, 1.807) is 6.07 Å². The summed E-state index contributed by atoms with van der Waals surface area (Å²) >= 11 is 0. The number of benzene rings is 1. The number of ether oxygens (including phenoxy) is 1. The van der Waals surface area contributed by atoms with Gasteiger partial charge in [0.1, 0.15) is 12.4 Å². The maximum Gasteiger partial charge on any atom is 0.175 e. The van der Waals surface area contributed by atoms with Crippen LogP contribution in [0.15, 0.2) is 24.3 Å². The van der Waals surface area contributed by atoms with Crippen molar-refractivity contribution in [2.24, 2.45) is 5.92 Å². The average Bonchev–Trinajstić information content (AvgIpc) is 2.47. The lowest BCUT2D eigenvalue weighted by molar-refractivity contribution is -0.295. The molecule has 5 nitrogen and oxygen atoms in total. The molecule has 0 amide bonds. The Morgan fingerprint density at radius 2 is 1.83 bits per heavy atom. The predicted octanol–water partition coefficient (Wildman–Crippen LogP) is 2.82. The van der Waals surface area contributed by atoms with E-state index in [9.17, 15) is 9.90 Å². The van der Waals surface area contributed by atoms with Crippen molar-refractivity contribution in [3.63, 3.8) is 0 Å². The molecule has 1 fully saturated rings. The first-order chi connectivity index (χ1) is 11.2. The standard InChI is InChI=1S/C19H27NO4/c1-18(2)9-14(21)10-19(3,4)20(18)24-12-13-11-23-16-8-6-5-7-15(16)17(13)22/h5-8,13-14,21H,9-12H2,1-4H3. The molecule has 0 saturated carbocycles. The number of aliphatic hydroxyl groups excluding tert-OH is 1. The van der Waals surface area contributed by atoms with Crippen LogP contribution in [0.2, 0.25) is 0 Å². The largest absolute Gasteiger partial charge is 0.492 e. The van der Waals surface area contributed by atoms with Crippen molar-refractivity contribution in [3.05, 3.63) is 29.8 Å². The Hall–Kier alpha value is -1.43. The van der Waals surface area contributed by atoms with E-state index in [0.717, 1.165) is 0 Å². The van der Waals surface area contributed by atoms with Crippen LogP contribution in [0.3, 0.4) is 0 Å². The second kappa shape index (κ2) is 6.14. The number of aliphatic hydroxyl groups is 1. The number of carbonyl (C=O) groups is 1. The van der Waals surface area contributed by atoms with Gasteiger partial charge in [-0.05, 0) is 52.7 Å². The lowest BCUT2D eigenvalue weighted by Crippen LogP contribution is -2.62. The number of hydrogen-bond acceptors (Lipinski definition) is 5. The van der Waals surface area contributed by atoms with E-state index in [4.69, 9.17) is 9.57 Å². The number of hydrogen-bond donors (Lipinski definition) is 1. The van der Waals surface area contributed by atoms with E-state index in [0.29, 0.717) is 30.8 Å². The molecule has 1 aromatic carbocycles. The zero-order valence-corrected chi connectivity index (χ0v) is 14.9. The molecule has 0 bridgehead atoms. The van der Waals surface area contributed by atoms with E-state index in [1.807, 2.05) is 23.3 Å². The number of hydroxylamine groups is 2. The lowest BCUT2D eigenvalue weighted by Gasteiger charge is -2.53. The summed E-state index contributed by atoms with van der Waals surface area (Å²) in [5.41, 5.74) is 0.0416. The number of para-hydroxylation sites is 1. The van der Waals surface area contributed by atoms with E-state index in [-0.39, 0.29) is 35.5 Å². The monoisotopic (exact) mass is 333 g/mol. The van der Waals surface area contributed by atoms with Crippen molar-refractivity contribution in [1.29, 1.82) is 0 Å². The molecule has 2 aliphatic heterocycles. The third-order valence-electron chi connectivity index (χ3n) is 4.94. The first-order valence-electron chi connectivity index (χ1n) is 8.58. The van der Waals surface area contributed by atoms with Crippen LogP contribution in [0.4, 0.5) is 0 Å². The van der Waals surface area contributed by atoms with Gasteiger partial charge in [0.25, 0.3) is 0 Å². The fourth-order valence-corrected chi connectivity index (χ4v) is 4.13. The molecule has 0 radical (unpaired) electrons. The summed E-state index contributed by atoms with van der Waals surface area (Å²) in [6, 6.07) is 7.34. The highest BCUT2D eigenvalue weighted by Gasteiger charge is 2.46. The van der Waals surface area contributed by atoms with Crippen molar-refractivity contribution in [2.75, 3.05) is 13.2 Å². The Labute approximate surface area is 143 Å². The minimum absolute atomic E-state index is 0.0736. The van der Waals surface area contributed by atoms with Gasteiger partial charge in [0.05, 0.1) is 24.2 Å². The number of ketones is 1. The highest BCUT2D eigenvalue weighted by Crippen LogP contribution is 2.39. The zero-order chi connectivity index (χ0) is 17.5. The quantitative estimate of drug-likeness (QED) is 0.922. The topological polar surface area (TPSA) is 59.0 Å². The summed E-state index contributed by atoms with van der Waals surface area (Å²) in [7, 11) is 0. The van der Waals surface area contributed by atoms with Crippen LogP contribution < -0.4 is 4.74 Å². The summed E-state index contributed by atoms with van der Waals surface area (Å²) in [6.07, 6.45) is 0.962. The Morgan fingerprint density at radius 3 is 2.50 bits per heavy atom. The Morgan fingerprint density at radius 1 is 1.21 bits per heavy atom. The normalized spacial score (nSPS) is 26.7. The summed E-state index contributed by atoms with van der Waals surface area (Å²) in [5.74, 6) is 0.420. The fourth-order valence-electron chi connectivity index (χ4n) is 4.13. The van der Waals surface area contributed by atoms with Gasteiger partial charge in [-0.15, -0.1) is 0 Å². The van der Waals surface area contributed by atoms with Gasteiger partial charge < -0.3 is 9.84 Å². The highest BCUT2D eigenvalue weighted by atomic mass is 16.7. The molecule has 1 atom stereocenters. The van der Waals surface area contributed by atoms with Crippen molar-refractivity contribution in [3.8, 4) is 5.75 Å². The zero-order valence-electron chi connectivity index (χ0n) is 14.9. The molecule has 0 aliphatic carbocycles. The molecule has 0 spiro atoms. The summed E-state index contributed by atoms with van der Waals surface area (Å²) in [4.78, 5) is 18.8. The van der Waals surface area contributed by atoms with Gasteiger partial charge in [-0.3, -0.25) is 9.63 Å². The molecule has 0 aromatic heterocycles. The van der Waals surface area contributed by atoms with Crippen LogP contribution in [0.1, 0.15) is 50.9 Å². The van der Waals surface area contributed by atoms with Gasteiger partial charge in [0.2, 0.25) is 0 Å². The molecular weight excluding hydrogens is 306 g/mol. The molecule has 2 aliphatic rings. The number of piperidine rings is 1. The molecule has 1 saturated heterocycles. The van der Waals surface area contributed by atoms with E-state index in [2.05, 4.69) is 27.7 Å². The van der Waals surface area contributed by atoms with Crippen molar-refractivity contribution >= 4 is 5.78 Å². The van der Waals surface area contributed by atoms with Crippen LogP contribution >= 0.6 is 0 Å². The SMILES string of the molecule is CC1(C)CC(O)CC(C)(C)N1OCC1COc2ccccc2C1=O. The van der Waals surface area contributed by atoms with E-state index >= 15 is 0 Å². The first kappa shape index (κ1) is 17.4. The highest BCUT2D eigenvalue weighted by molar-refractivity contribution is 6.01. The molecule has 2 heterocycles. The number of rotatable bonds is 3. The third-order valence-corrected chi connectivity index (χ3v) is 4.94.